The summed E-state index contributed by atoms with van der Waals surface area (Å²) in [6.45, 7) is 2.84. The Morgan fingerprint density at radius 1 is 1.38 bits per heavy atom. The van der Waals surface area contributed by atoms with Crippen molar-refractivity contribution in [1.29, 1.82) is 0 Å². The third-order valence-corrected chi connectivity index (χ3v) is 3.63. The van der Waals surface area contributed by atoms with E-state index in [-0.39, 0.29) is 0 Å². The van der Waals surface area contributed by atoms with Gasteiger partial charge < -0.3 is 4.74 Å². The molecule has 1 aromatic rings. The SMILES string of the molecule is CN(Cc1cccc(Br)c1)C1CCOCC1. The van der Waals surface area contributed by atoms with Crippen LogP contribution in [0, 0.1) is 0 Å². The molecule has 1 fully saturated rings. The topological polar surface area (TPSA) is 12.5 Å². The highest BCUT2D eigenvalue weighted by Crippen LogP contribution is 2.17. The van der Waals surface area contributed by atoms with Crippen molar-refractivity contribution in [2.24, 2.45) is 0 Å². The Hall–Kier alpha value is -0.380. The molecule has 0 radical (unpaired) electrons. The maximum Gasteiger partial charge on any atom is 0.0480 e. The van der Waals surface area contributed by atoms with Gasteiger partial charge in [0.05, 0.1) is 0 Å². The number of nitrogens with zero attached hydrogens (tertiary/aromatic N) is 1. The zero-order valence-electron chi connectivity index (χ0n) is 9.66. The Kier molecular flexibility index (Phi) is 4.38. The Morgan fingerprint density at radius 3 is 2.81 bits per heavy atom. The Balaban J connectivity index is 1.93. The van der Waals surface area contributed by atoms with E-state index in [1.807, 2.05) is 0 Å². The Morgan fingerprint density at radius 2 is 2.12 bits per heavy atom. The second kappa shape index (κ2) is 5.80. The minimum absolute atomic E-state index is 0.674. The molecular formula is C13H18BrNO. The van der Waals surface area contributed by atoms with E-state index in [9.17, 15) is 0 Å². The highest BCUT2D eigenvalue weighted by Gasteiger charge is 2.18. The quantitative estimate of drug-likeness (QED) is 0.846. The van der Waals surface area contributed by atoms with Crippen LogP contribution in [0.3, 0.4) is 0 Å². The summed E-state index contributed by atoms with van der Waals surface area (Å²) < 4.78 is 6.54. The molecule has 0 spiro atoms. The van der Waals surface area contributed by atoms with Crippen molar-refractivity contribution >= 4 is 15.9 Å². The molecule has 1 heterocycles. The molecule has 16 heavy (non-hydrogen) atoms. The highest BCUT2D eigenvalue weighted by atomic mass is 79.9. The predicted molar refractivity (Wildman–Crippen MR) is 69.5 cm³/mol. The summed E-state index contributed by atoms with van der Waals surface area (Å²) in [7, 11) is 2.21. The lowest BCUT2D eigenvalue weighted by Gasteiger charge is -2.31. The van der Waals surface area contributed by atoms with E-state index in [4.69, 9.17) is 4.74 Å². The lowest BCUT2D eigenvalue weighted by molar-refractivity contribution is 0.0407. The van der Waals surface area contributed by atoms with Gasteiger partial charge in [0.1, 0.15) is 0 Å². The van der Waals surface area contributed by atoms with Gasteiger partial charge in [-0.05, 0) is 37.6 Å². The summed E-state index contributed by atoms with van der Waals surface area (Å²) in [6.07, 6.45) is 2.31. The molecular weight excluding hydrogens is 266 g/mol. The highest BCUT2D eigenvalue weighted by molar-refractivity contribution is 9.10. The Labute approximate surface area is 106 Å². The lowest BCUT2D eigenvalue weighted by atomic mass is 10.1. The van der Waals surface area contributed by atoms with Gasteiger partial charge in [-0.3, -0.25) is 4.90 Å². The molecule has 1 aromatic carbocycles. The van der Waals surface area contributed by atoms with E-state index < -0.39 is 0 Å². The summed E-state index contributed by atoms with van der Waals surface area (Å²) in [5, 5.41) is 0. The fourth-order valence-corrected chi connectivity index (χ4v) is 2.62. The fourth-order valence-electron chi connectivity index (χ4n) is 2.18. The van der Waals surface area contributed by atoms with Crippen LogP contribution in [-0.2, 0) is 11.3 Å². The number of halogens is 1. The van der Waals surface area contributed by atoms with Crippen LogP contribution in [0.1, 0.15) is 18.4 Å². The second-order valence-corrected chi connectivity index (χ2v) is 5.30. The average Bonchev–Trinajstić information content (AvgIpc) is 2.30. The largest absolute Gasteiger partial charge is 0.381 e. The first kappa shape index (κ1) is 12.1. The first-order chi connectivity index (χ1) is 7.75. The number of hydrogen-bond acceptors (Lipinski definition) is 2. The van der Waals surface area contributed by atoms with Crippen molar-refractivity contribution in [2.45, 2.75) is 25.4 Å². The number of hydrogen-bond donors (Lipinski definition) is 0. The summed E-state index contributed by atoms with van der Waals surface area (Å²) in [6, 6.07) is 9.21. The van der Waals surface area contributed by atoms with Gasteiger partial charge in [0.25, 0.3) is 0 Å². The van der Waals surface area contributed by atoms with E-state index in [1.165, 1.54) is 5.56 Å². The van der Waals surface area contributed by atoms with Crippen LogP contribution in [0.25, 0.3) is 0 Å². The van der Waals surface area contributed by atoms with Crippen molar-refractivity contribution in [3.8, 4) is 0 Å². The molecule has 0 aliphatic carbocycles. The van der Waals surface area contributed by atoms with Gasteiger partial charge in [-0.1, -0.05) is 28.1 Å². The minimum atomic E-state index is 0.674. The summed E-state index contributed by atoms with van der Waals surface area (Å²) in [4.78, 5) is 2.43. The van der Waals surface area contributed by atoms with Crippen molar-refractivity contribution in [3.63, 3.8) is 0 Å². The van der Waals surface area contributed by atoms with Crippen molar-refractivity contribution < 1.29 is 4.74 Å². The van der Waals surface area contributed by atoms with Crippen LogP contribution >= 0.6 is 15.9 Å². The zero-order valence-corrected chi connectivity index (χ0v) is 11.2. The predicted octanol–water partition coefficient (Wildman–Crippen LogP) is 3.06. The third kappa shape index (κ3) is 3.30. The third-order valence-electron chi connectivity index (χ3n) is 3.14. The van der Waals surface area contributed by atoms with E-state index in [0.717, 1.165) is 37.1 Å². The first-order valence-corrected chi connectivity index (χ1v) is 6.57. The van der Waals surface area contributed by atoms with Crippen LogP contribution in [0.15, 0.2) is 28.7 Å². The minimum Gasteiger partial charge on any atom is -0.381 e. The molecule has 3 heteroatoms. The normalized spacial score (nSPS) is 17.9. The zero-order chi connectivity index (χ0) is 11.4. The smallest absolute Gasteiger partial charge is 0.0480 e. The molecule has 0 amide bonds. The van der Waals surface area contributed by atoms with Gasteiger partial charge >= 0.3 is 0 Å². The van der Waals surface area contributed by atoms with Gasteiger partial charge in [0.15, 0.2) is 0 Å². The maximum absolute atomic E-state index is 5.39. The summed E-state index contributed by atoms with van der Waals surface area (Å²) in [5.74, 6) is 0. The summed E-state index contributed by atoms with van der Waals surface area (Å²) >= 11 is 3.51. The molecule has 0 aromatic heterocycles. The standard InChI is InChI=1S/C13H18BrNO/c1-15(13-5-7-16-8-6-13)10-11-3-2-4-12(14)9-11/h2-4,9,13H,5-8,10H2,1H3. The van der Waals surface area contributed by atoms with Crippen molar-refractivity contribution in [2.75, 3.05) is 20.3 Å². The summed E-state index contributed by atoms with van der Waals surface area (Å²) in [5.41, 5.74) is 1.36. The lowest BCUT2D eigenvalue weighted by Crippen LogP contribution is -2.36. The van der Waals surface area contributed by atoms with Crippen LogP contribution in [0.5, 0.6) is 0 Å². The fraction of sp³-hybridized carbons (Fsp3) is 0.538. The van der Waals surface area contributed by atoms with Crippen molar-refractivity contribution in [3.05, 3.63) is 34.3 Å². The molecule has 0 atom stereocenters. The molecule has 0 unspecified atom stereocenters. The van der Waals surface area contributed by atoms with E-state index in [1.54, 1.807) is 0 Å². The van der Waals surface area contributed by atoms with Crippen LogP contribution < -0.4 is 0 Å². The molecule has 0 N–H and O–H groups in total. The maximum atomic E-state index is 5.39. The Bertz CT molecular complexity index is 336. The van der Waals surface area contributed by atoms with E-state index >= 15 is 0 Å². The van der Waals surface area contributed by atoms with Crippen LogP contribution in [-0.4, -0.2) is 31.2 Å². The van der Waals surface area contributed by atoms with E-state index in [0.29, 0.717) is 6.04 Å². The van der Waals surface area contributed by atoms with Gasteiger partial charge in [-0.2, -0.15) is 0 Å². The molecule has 1 saturated heterocycles. The molecule has 0 saturated carbocycles. The van der Waals surface area contributed by atoms with Crippen LogP contribution in [0.2, 0.25) is 0 Å². The average molecular weight is 284 g/mol. The van der Waals surface area contributed by atoms with Gasteiger partial charge in [0, 0.05) is 30.3 Å². The molecule has 2 nitrogen and oxygen atoms in total. The second-order valence-electron chi connectivity index (χ2n) is 4.39. The number of benzene rings is 1. The van der Waals surface area contributed by atoms with Gasteiger partial charge in [-0.25, -0.2) is 0 Å². The monoisotopic (exact) mass is 283 g/mol. The molecule has 1 aliphatic heterocycles. The van der Waals surface area contributed by atoms with Crippen molar-refractivity contribution in [1.82, 2.24) is 4.90 Å². The first-order valence-electron chi connectivity index (χ1n) is 5.78. The number of ether oxygens (including phenoxy) is 1. The molecule has 0 bridgehead atoms. The molecule has 88 valence electrons. The molecule has 2 rings (SSSR count). The number of rotatable bonds is 3. The van der Waals surface area contributed by atoms with Crippen LogP contribution in [0.4, 0.5) is 0 Å². The van der Waals surface area contributed by atoms with E-state index in [2.05, 4.69) is 52.1 Å². The van der Waals surface area contributed by atoms with Gasteiger partial charge in [-0.15, -0.1) is 0 Å². The molecule has 1 aliphatic rings. The van der Waals surface area contributed by atoms with Gasteiger partial charge in [0.2, 0.25) is 0 Å².